The van der Waals surface area contributed by atoms with Crippen LogP contribution in [0.5, 0.6) is 0 Å². The van der Waals surface area contributed by atoms with Crippen LogP contribution < -0.4 is 0 Å². The van der Waals surface area contributed by atoms with E-state index in [0.717, 1.165) is 72.9 Å². The van der Waals surface area contributed by atoms with E-state index < -0.39 is 0 Å². The Morgan fingerprint density at radius 1 is 0.394 bits per heavy atom. The van der Waals surface area contributed by atoms with Gasteiger partial charge in [-0.15, -0.1) is 0 Å². The van der Waals surface area contributed by atoms with E-state index in [1.807, 2.05) is 6.07 Å². The molecule has 13 aromatic rings. The number of aryl methyl sites for hydroxylation is 1. The topological polar surface area (TPSA) is 30.2 Å². The van der Waals surface area contributed by atoms with Gasteiger partial charge in [0.15, 0.2) is 0 Å². The molecule has 71 heavy (non-hydrogen) atoms. The quantitative estimate of drug-likeness (QED) is 0.110. The van der Waals surface area contributed by atoms with Crippen molar-refractivity contribution in [2.24, 2.45) is 4.99 Å². The fraction of sp³-hybridized carbons (Fsp3) is 0.0294. The van der Waals surface area contributed by atoms with E-state index >= 15 is 0 Å². The van der Waals surface area contributed by atoms with Gasteiger partial charge in [-0.05, 0) is 155 Å². The average Bonchev–Trinajstić information content (AvgIpc) is 3.82. The Labute approximate surface area is 413 Å². The molecule has 0 atom stereocenters. The molecule has 1 heterocycles. The van der Waals surface area contributed by atoms with E-state index in [2.05, 4.69) is 261 Å². The molecule has 0 spiro atoms. The number of hydrogen-bond donors (Lipinski definition) is 0. The molecule has 0 bridgehead atoms. The van der Waals surface area contributed by atoms with Gasteiger partial charge in [0.1, 0.15) is 5.82 Å². The zero-order valence-electron chi connectivity index (χ0n) is 39.5. The molecule has 3 nitrogen and oxygen atoms in total. The predicted molar refractivity (Wildman–Crippen MR) is 301 cm³/mol. The Morgan fingerprint density at radius 2 is 0.887 bits per heavy atom. The maximum atomic E-state index is 5.36. The van der Waals surface area contributed by atoms with E-state index in [4.69, 9.17) is 9.98 Å². The van der Waals surface area contributed by atoms with Crippen molar-refractivity contribution in [2.75, 3.05) is 0 Å². The Morgan fingerprint density at radius 3 is 1.51 bits per heavy atom. The highest BCUT2D eigenvalue weighted by Crippen LogP contribution is 2.49. The van der Waals surface area contributed by atoms with Crippen LogP contribution in [-0.4, -0.2) is 15.3 Å². The molecule has 0 N–H and O–H groups in total. The minimum Gasteiger partial charge on any atom is -0.292 e. The van der Waals surface area contributed by atoms with Gasteiger partial charge < -0.3 is 0 Å². The zero-order chi connectivity index (χ0) is 47.4. The highest BCUT2D eigenvalue weighted by atomic mass is 15.1. The standard InChI is InChI=1S/C68H47N3/c1-44-32-33-52(42-63(44)69-45(2)46-18-6-3-7-19-46)50-34-37-59-61(40-50)66(57-30-16-24-47-20-12-14-28-55(47)57)60-38-35-51(41-62(60)67(59)58-31-17-25-48-21-13-15-29-56(48)58)53-36-39-65-64(43-53)70-68(49-22-8-4-9-23-49)71(65)54-26-10-5-11-27-54/h3-43H,1-2H3. The van der Waals surface area contributed by atoms with Gasteiger partial charge in [0, 0.05) is 17.0 Å². The maximum absolute atomic E-state index is 5.36. The van der Waals surface area contributed by atoms with Crippen LogP contribution >= 0.6 is 0 Å². The second-order valence-electron chi connectivity index (χ2n) is 18.6. The molecule has 3 heteroatoms. The first-order valence-corrected chi connectivity index (χ1v) is 24.4. The lowest BCUT2D eigenvalue weighted by atomic mass is 9.82. The highest BCUT2D eigenvalue weighted by molar-refractivity contribution is 6.26. The van der Waals surface area contributed by atoms with Gasteiger partial charge >= 0.3 is 0 Å². The van der Waals surface area contributed by atoms with Crippen LogP contribution in [-0.2, 0) is 0 Å². The Bertz CT molecular complexity index is 4210. The summed E-state index contributed by atoms with van der Waals surface area (Å²) in [6, 6.07) is 90.2. The van der Waals surface area contributed by atoms with Gasteiger partial charge in [-0.1, -0.05) is 206 Å². The molecule has 0 aliphatic rings. The Kier molecular flexibility index (Phi) is 10.3. The van der Waals surface area contributed by atoms with E-state index in [0.29, 0.717) is 0 Å². The first kappa shape index (κ1) is 42.0. The minimum atomic E-state index is 0.920. The molecule has 334 valence electrons. The molecular formula is C68H47N3. The number of para-hydroxylation sites is 1. The first-order chi connectivity index (χ1) is 35.0. The molecule has 0 saturated heterocycles. The second-order valence-corrected chi connectivity index (χ2v) is 18.6. The van der Waals surface area contributed by atoms with Crippen LogP contribution in [0.4, 0.5) is 5.69 Å². The van der Waals surface area contributed by atoms with Crippen LogP contribution in [0.1, 0.15) is 18.1 Å². The summed E-state index contributed by atoms with van der Waals surface area (Å²) in [5.74, 6) is 0.920. The van der Waals surface area contributed by atoms with Gasteiger partial charge in [-0.25, -0.2) is 4.98 Å². The Balaban J connectivity index is 1.08. The third-order valence-corrected chi connectivity index (χ3v) is 14.3. The summed E-state index contributed by atoms with van der Waals surface area (Å²) < 4.78 is 2.28. The smallest absolute Gasteiger partial charge is 0.145 e. The normalized spacial score (nSPS) is 11.9. The number of rotatable bonds is 8. The number of nitrogens with zero attached hydrogens (tertiary/aromatic N) is 3. The third-order valence-electron chi connectivity index (χ3n) is 14.3. The average molecular weight is 906 g/mol. The van der Waals surface area contributed by atoms with Crippen molar-refractivity contribution in [3.05, 3.63) is 260 Å². The van der Waals surface area contributed by atoms with Gasteiger partial charge in [0.25, 0.3) is 0 Å². The number of aliphatic imine (C=N–C) groups is 1. The SMILES string of the molecule is CC(=Nc1cc(-c2ccc3c(-c4cccc5ccccc45)c4cc(-c5ccc6c(c5)nc(-c5ccccc5)n6-c5ccccc5)ccc4c(-c4cccc5ccccc45)c3c2)ccc1C)c1ccccc1. The number of benzene rings is 12. The summed E-state index contributed by atoms with van der Waals surface area (Å²) in [6.45, 7) is 4.24. The van der Waals surface area contributed by atoms with Crippen LogP contribution in [0.15, 0.2) is 254 Å². The number of imidazole rings is 1. The molecule has 0 aliphatic heterocycles. The summed E-state index contributed by atoms with van der Waals surface area (Å²) in [7, 11) is 0. The van der Waals surface area contributed by atoms with Gasteiger partial charge in [-0.3, -0.25) is 9.56 Å². The molecule has 0 amide bonds. The van der Waals surface area contributed by atoms with Crippen molar-refractivity contribution in [3.63, 3.8) is 0 Å². The van der Waals surface area contributed by atoms with Gasteiger partial charge in [0.05, 0.1) is 16.7 Å². The fourth-order valence-corrected chi connectivity index (χ4v) is 10.8. The predicted octanol–water partition coefficient (Wildman–Crippen LogP) is 18.4. The van der Waals surface area contributed by atoms with Crippen molar-refractivity contribution in [1.82, 2.24) is 9.55 Å². The van der Waals surface area contributed by atoms with Crippen molar-refractivity contribution in [3.8, 4) is 61.6 Å². The molecule has 13 rings (SSSR count). The zero-order valence-corrected chi connectivity index (χ0v) is 39.5. The van der Waals surface area contributed by atoms with Crippen molar-refractivity contribution >= 4 is 65.5 Å². The third kappa shape index (κ3) is 7.38. The summed E-state index contributed by atoms with van der Waals surface area (Å²) in [5.41, 5.74) is 17.8. The number of fused-ring (bicyclic) bond motifs is 5. The molecule has 0 unspecified atom stereocenters. The molecule has 0 radical (unpaired) electrons. The van der Waals surface area contributed by atoms with E-state index in [1.54, 1.807) is 0 Å². The minimum absolute atomic E-state index is 0.920. The summed E-state index contributed by atoms with van der Waals surface area (Å²) in [6.07, 6.45) is 0. The number of hydrogen-bond acceptors (Lipinski definition) is 2. The largest absolute Gasteiger partial charge is 0.292 e. The fourth-order valence-electron chi connectivity index (χ4n) is 10.8. The summed E-state index contributed by atoms with van der Waals surface area (Å²) in [5, 5.41) is 9.68. The van der Waals surface area contributed by atoms with E-state index in [9.17, 15) is 0 Å². The molecule has 1 aromatic heterocycles. The van der Waals surface area contributed by atoms with Gasteiger partial charge in [-0.2, -0.15) is 0 Å². The molecule has 0 saturated carbocycles. The van der Waals surface area contributed by atoms with E-state index in [1.165, 1.54) is 65.3 Å². The number of aromatic nitrogens is 2. The van der Waals surface area contributed by atoms with Crippen molar-refractivity contribution < 1.29 is 0 Å². The van der Waals surface area contributed by atoms with Crippen LogP contribution in [0, 0.1) is 6.92 Å². The van der Waals surface area contributed by atoms with E-state index in [-0.39, 0.29) is 0 Å². The highest BCUT2D eigenvalue weighted by Gasteiger charge is 2.22. The van der Waals surface area contributed by atoms with Crippen LogP contribution in [0.25, 0.3) is 116 Å². The summed E-state index contributed by atoms with van der Waals surface area (Å²) >= 11 is 0. The Hall–Kier alpha value is -9.18. The maximum Gasteiger partial charge on any atom is 0.145 e. The van der Waals surface area contributed by atoms with Crippen LogP contribution in [0.3, 0.4) is 0 Å². The molecule has 0 aliphatic carbocycles. The van der Waals surface area contributed by atoms with Crippen molar-refractivity contribution in [2.45, 2.75) is 13.8 Å². The molecule has 0 fully saturated rings. The van der Waals surface area contributed by atoms with Crippen molar-refractivity contribution in [1.29, 1.82) is 0 Å². The lowest BCUT2D eigenvalue weighted by molar-refractivity contribution is 1.10. The molecular weight excluding hydrogens is 859 g/mol. The first-order valence-electron chi connectivity index (χ1n) is 24.4. The second kappa shape index (κ2) is 17.4. The van der Waals surface area contributed by atoms with Gasteiger partial charge in [0.2, 0.25) is 0 Å². The lowest BCUT2D eigenvalue weighted by Gasteiger charge is -2.21. The van der Waals surface area contributed by atoms with Crippen LogP contribution in [0.2, 0.25) is 0 Å². The molecule has 12 aromatic carbocycles. The lowest BCUT2D eigenvalue weighted by Crippen LogP contribution is -1.97. The monoisotopic (exact) mass is 905 g/mol. The summed E-state index contributed by atoms with van der Waals surface area (Å²) in [4.78, 5) is 10.6.